The average Bonchev–Trinajstić information content (AvgIpc) is 2.64. The van der Waals surface area contributed by atoms with Crippen molar-refractivity contribution in [3.8, 4) is 0 Å². The Labute approximate surface area is 159 Å². The normalized spacial score (nSPS) is 18.4. The molecule has 0 aliphatic rings. The standard InChI is InChI=1S/C22H32O3/c1-2-3-4-5-12-15-18-21(23)19-16-13-10-8-6-7-9-11-14-17-20-22(24)25/h3-4,6-7,10-16,19,21,23H,2,5,8-9,17-18,20H2,1H3,(H,24,25)/b4-3-,7-6-,13-10-,14-11-,15-12-,19-16+/t21-/m0/s1/i1D3,2D2. The van der Waals surface area contributed by atoms with E-state index < -0.39 is 25.3 Å². The highest BCUT2D eigenvalue weighted by atomic mass is 16.4. The van der Waals surface area contributed by atoms with E-state index in [4.69, 9.17) is 12.0 Å². The smallest absolute Gasteiger partial charge is 0.303 e. The van der Waals surface area contributed by atoms with Crippen LogP contribution in [0, 0.1) is 0 Å². The molecule has 0 unspecified atom stereocenters. The summed E-state index contributed by atoms with van der Waals surface area (Å²) in [5, 5.41) is 18.3. The van der Waals surface area contributed by atoms with Gasteiger partial charge in [-0.3, -0.25) is 4.79 Å². The van der Waals surface area contributed by atoms with E-state index >= 15 is 0 Å². The van der Waals surface area contributed by atoms with Gasteiger partial charge >= 0.3 is 5.97 Å². The Balaban J connectivity index is 3.96. The molecule has 0 aliphatic carbocycles. The lowest BCUT2D eigenvalue weighted by molar-refractivity contribution is -0.136. The third kappa shape index (κ3) is 19.8. The summed E-state index contributed by atoms with van der Waals surface area (Å²) in [6.07, 6.45) is 21.1. The van der Waals surface area contributed by atoms with Crippen LogP contribution < -0.4 is 0 Å². The number of aliphatic hydroxyl groups is 1. The zero-order chi connectivity index (χ0) is 22.9. The van der Waals surface area contributed by atoms with E-state index in [1.807, 2.05) is 36.5 Å². The van der Waals surface area contributed by atoms with Gasteiger partial charge in [-0.2, -0.15) is 0 Å². The fourth-order valence-electron chi connectivity index (χ4n) is 1.74. The summed E-state index contributed by atoms with van der Waals surface area (Å²) >= 11 is 0. The third-order valence-corrected chi connectivity index (χ3v) is 3.00. The molecule has 0 saturated carbocycles. The topological polar surface area (TPSA) is 57.5 Å². The van der Waals surface area contributed by atoms with Gasteiger partial charge in [0.05, 0.1) is 6.10 Å². The van der Waals surface area contributed by atoms with Crippen molar-refractivity contribution < 1.29 is 21.9 Å². The molecule has 3 heteroatoms. The molecule has 0 bridgehead atoms. The fraction of sp³-hybridized carbons (Fsp3) is 0.409. The van der Waals surface area contributed by atoms with Crippen LogP contribution in [0.1, 0.15) is 58.6 Å². The second-order valence-electron chi connectivity index (χ2n) is 5.22. The Hall–Kier alpha value is -2.13. The van der Waals surface area contributed by atoms with Gasteiger partial charge in [0.15, 0.2) is 0 Å². The van der Waals surface area contributed by atoms with Gasteiger partial charge in [0.25, 0.3) is 0 Å². The molecule has 0 aromatic heterocycles. The molecule has 0 radical (unpaired) electrons. The van der Waals surface area contributed by atoms with E-state index in [2.05, 4.69) is 0 Å². The highest BCUT2D eigenvalue weighted by Crippen LogP contribution is 1.99. The van der Waals surface area contributed by atoms with E-state index in [1.54, 1.807) is 24.3 Å². The molecule has 0 heterocycles. The number of allylic oxidation sites excluding steroid dienone is 10. The number of aliphatic hydroxyl groups excluding tert-OH is 1. The lowest BCUT2D eigenvalue weighted by Crippen LogP contribution is -1.98. The predicted molar refractivity (Wildman–Crippen MR) is 106 cm³/mol. The number of hydrogen-bond acceptors (Lipinski definition) is 2. The maximum Gasteiger partial charge on any atom is 0.303 e. The van der Waals surface area contributed by atoms with Crippen molar-refractivity contribution in [1.29, 1.82) is 0 Å². The first kappa shape index (κ1) is 15.2. The quantitative estimate of drug-likeness (QED) is 0.321. The maximum absolute atomic E-state index is 10.3. The molecule has 3 nitrogen and oxygen atoms in total. The second-order valence-corrected chi connectivity index (χ2v) is 5.22. The van der Waals surface area contributed by atoms with Crippen molar-refractivity contribution in [2.45, 2.75) is 57.9 Å². The zero-order valence-electron chi connectivity index (χ0n) is 19.6. The number of rotatable bonds is 14. The highest BCUT2D eigenvalue weighted by molar-refractivity contribution is 5.66. The van der Waals surface area contributed by atoms with Crippen molar-refractivity contribution in [2.24, 2.45) is 0 Å². The first-order valence-corrected chi connectivity index (χ1v) is 8.42. The molecule has 2 N–H and O–H groups in total. The predicted octanol–water partition coefficient (Wildman–Crippen LogP) is 5.52. The van der Waals surface area contributed by atoms with Crippen LogP contribution >= 0.6 is 0 Å². The first-order chi connectivity index (χ1) is 14.1. The summed E-state index contributed by atoms with van der Waals surface area (Å²) in [5.74, 6) is -0.791. The average molecular weight is 350 g/mol. The Morgan fingerprint density at radius 2 is 1.60 bits per heavy atom. The number of hydrogen-bond donors (Lipinski definition) is 2. The fourth-order valence-corrected chi connectivity index (χ4v) is 1.74. The van der Waals surface area contributed by atoms with E-state index in [0.29, 0.717) is 19.3 Å². The molecule has 0 rings (SSSR count). The summed E-state index contributed by atoms with van der Waals surface area (Å²) in [7, 11) is 0. The van der Waals surface area contributed by atoms with Crippen molar-refractivity contribution in [2.75, 3.05) is 0 Å². The molecular weight excluding hydrogens is 312 g/mol. The van der Waals surface area contributed by atoms with Crippen LogP contribution in [-0.2, 0) is 4.79 Å². The SMILES string of the molecule is [2H]C([2H])([2H])C([2H])([2H])/C=C\C/C=C\C[C@H](O)/C=C/C=C\C/C=C\C/C=C\CCC(=O)O. The largest absolute Gasteiger partial charge is 0.481 e. The van der Waals surface area contributed by atoms with Crippen molar-refractivity contribution in [1.82, 2.24) is 0 Å². The van der Waals surface area contributed by atoms with Gasteiger partial charge in [-0.1, -0.05) is 79.8 Å². The monoisotopic (exact) mass is 349 g/mol. The minimum absolute atomic E-state index is 0.152. The Morgan fingerprint density at radius 1 is 0.960 bits per heavy atom. The van der Waals surface area contributed by atoms with Gasteiger partial charge < -0.3 is 10.2 Å². The van der Waals surface area contributed by atoms with E-state index in [-0.39, 0.29) is 6.42 Å². The Kier molecular flexibility index (Phi) is 11.0. The number of carboxylic acids is 1. The summed E-state index contributed by atoms with van der Waals surface area (Å²) in [6.45, 7) is -2.68. The van der Waals surface area contributed by atoms with Crippen LogP contribution in [0.25, 0.3) is 0 Å². The maximum atomic E-state index is 10.3. The Bertz CT molecular complexity index is 656. The molecule has 138 valence electrons. The summed E-state index contributed by atoms with van der Waals surface area (Å²) in [4.78, 5) is 10.3. The molecule has 0 fully saturated rings. The third-order valence-electron chi connectivity index (χ3n) is 3.00. The van der Waals surface area contributed by atoms with Gasteiger partial charge in [-0.15, -0.1) is 0 Å². The molecule has 1 atom stereocenters. The molecule has 0 spiro atoms. The van der Waals surface area contributed by atoms with Gasteiger partial charge in [0.1, 0.15) is 0 Å². The molecule has 0 saturated heterocycles. The van der Waals surface area contributed by atoms with Crippen molar-refractivity contribution in [3.63, 3.8) is 0 Å². The van der Waals surface area contributed by atoms with Gasteiger partial charge in [0.2, 0.25) is 0 Å². The van der Waals surface area contributed by atoms with Crippen LogP contribution in [0.3, 0.4) is 0 Å². The second kappa shape index (κ2) is 18.2. The van der Waals surface area contributed by atoms with E-state index in [9.17, 15) is 9.90 Å². The van der Waals surface area contributed by atoms with Crippen LogP contribution in [-0.4, -0.2) is 22.3 Å². The van der Waals surface area contributed by atoms with Crippen LogP contribution in [0.5, 0.6) is 0 Å². The first-order valence-electron chi connectivity index (χ1n) is 10.9. The molecule has 0 aromatic carbocycles. The lowest BCUT2D eigenvalue weighted by atomic mass is 10.2. The van der Waals surface area contributed by atoms with Crippen molar-refractivity contribution >= 4 is 5.97 Å². The number of carbonyl (C=O) groups is 1. The van der Waals surface area contributed by atoms with Crippen LogP contribution in [0.4, 0.5) is 0 Å². The molecule has 0 amide bonds. The summed E-state index contributed by atoms with van der Waals surface area (Å²) in [6, 6.07) is 0. The minimum atomic E-state index is -2.68. The van der Waals surface area contributed by atoms with Crippen molar-refractivity contribution in [3.05, 3.63) is 72.9 Å². The molecule has 0 aliphatic heterocycles. The Morgan fingerprint density at radius 3 is 2.32 bits per heavy atom. The zero-order valence-corrected chi connectivity index (χ0v) is 14.6. The van der Waals surface area contributed by atoms with Crippen LogP contribution in [0.15, 0.2) is 72.9 Å². The summed E-state index contributed by atoms with van der Waals surface area (Å²) in [5.41, 5.74) is 0. The molecule has 25 heavy (non-hydrogen) atoms. The van der Waals surface area contributed by atoms with Gasteiger partial charge in [0, 0.05) is 13.3 Å². The number of aliphatic carboxylic acids is 1. The van der Waals surface area contributed by atoms with Gasteiger partial charge in [-0.05, 0) is 38.5 Å². The number of carboxylic acid groups (broad SMARTS) is 1. The van der Waals surface area contributed by atoms with Crippen LogP contribution in [0.2, 0.25) is 0 Å². The minimum Gasteiger partial charge on any atom is -0.481 e. The molecular formula is C22H32O3. The highest BCUT2D eigenvalue weighted by Gasteiger charge is 1.92. The van der Waals surface area contributed by atoms with E-state index in [1.165, 1.54) is 6.08 Å². The van der Waals surface area contributed by atoms with E-state index in [0.717, 1.165) is 18.9 Å². The van der Waals surface area contributed by atoms with Gasteiger partial charge in [-0.25, -0.2) is 0 Å². The lowest BCUT2D eigenvalue weighted by Gasteiger charge is -1.98. The molecule has 0 aromatic rings. The summed E-state index contributed by atoms with van der Waals surface area (Å²) < 4.78 is 36.2.